The molecule has 5 rings (SSSR count). The molecule has 1 aliphatic heterocycles. The third kappa shape index (κ3) is 8.62. The van der Waals surface area contributed by atoms with E-state index >= 15 is 9.18 Å². The average molecular weight is 772 g/mol. The lowest BCUT2D eigenvalue weighted by atomic mass is 9.75. The molecule has 2 N–H and O–H groups in total. The van der Waals surface area contributed by atoms with Crippen molar-refractivity contribution in [2.75, 3.05) is 13.7 Å². The number of carbonyl (C=O) groups is 4. The number of halogens is 3. The Labute approximate surface area is 302 Å². The van der Waals surface area contributed by atoms with E-state index in [1.807, 2.05) is 26.8 Å². The van der Waals surface area contributed by atoms with Gasteiger partial charge in [0.2, 0.25) is 5.96 Å². The first-order valence-electron chi connectivity index (χ1n) is 15.9. The Bertz CT molecular complexity index is 1820. The van der Waals surface area contributed by atoms with Gasteiger partial charge in [0.25, 0.3) is 5.91 Å². The minimum absolute atomic E-state index is 0.00554. The van der Waals surface area contributed by atoms with Gasteiger partial charge in [-0.05, 0) is 60.1 Å². The minimum Gasteiger partial charge on any atom is -0.465 e. The number of guanidine groups is 1. The largest absolute Gasteiger partial charge is 0.465 e. The van der Waals surface area contributed by atoms with E-state index in [1.165, 1.54) is 31.4 Å². The number of nitrogens with zero attached hydrogens (tertiary/aromatic N) is 2. The van der Waals surface area contributed by atoms with E-state index < -0.39 is 53.5 Å². The Morgan fingerprint density at radius 1 is 1.10 bits per heavy atom. The van der Waals surface area contributed by atoms with Crippen LogP contribution in [-0.2, 0) is 31.2 Å². The van der Waals surface area contributed by atoms with Crippen LogP contribution >= 0.6 is 27.5 Å². The number of hydrogen-bond acceptors (Lipinski definition) is 7. The van der Waals surface area contributed by atoms with Crippen LogP contribution in [0.3, 0.4) is 0 Å². The highest BCUT2D eigenvalue weighted by molar-refractivity contribution is 9.10. The Balaban J connectivity index is 1.66. The van der Waals surface area contributed by atoms with Gasteiger partial charge in [-0.25, -0.2) is 18.8 Å². The summed E-state index contributed by atoms with van der Waals surface area (Å²) in [6, 6.07) is 16.5. The molecule has 2 aliphatic rings. The number of hydrogen-bond donors (Lipinski definition) is 2. The molecule has 264 valence electrons. The highest BCUT2D eigenvalue weighted by Gasteiger charge is 2.56. The van der Waals surface area contributed by atoms with Crippen LogP contribution in [0.15, 0.2) is 76.2 Å². The van der Waals surface area contributed by atoms with Crippen LogP contribution in [0.5, 0.6) is 0 Å². The van der Waals surface area contributed by atoms with Crippen molar-refractivity contribution in [2.24, 2.45) is 10.4 Å². The van der Waals surface area contributed by atoms with Crippen molar-refractivity contribution in [1.82, 2.24) is 15.5 Å². The number of alkyl carbamates (subject to hydrolysis) is 1. The summed E-state index contributed by atoms with van der Waals surface area (Å²) in [5.74, 6) is -2.39. The van der Waals surface area contributed by atoms with Gasteiger partial charge >= 0.3 is 18.2 Å². The second-order valence-electron chi connectivity index (χ2n) is 13.3. The molecule has 11 nitrogen and oxygen atoms in total. The monoisotopic (exact) mass is 770 g/mol. The predicted molar refractivity (Wildman–Crippen MR) is 187 cm³/mol. The molecule has 2 atom stereocenters. The standard InChI is InChI=1S/C36H37BrClFN4O7/c1-35(2,3)20-36(26-14-11-23(37)17-28(26)39)31(45)43(32(42-36)41-34(47)49-18-21-8-6-5-7-9-21)29(19-50-33(46)40-24-12-13-24)22-10-15-27(38)25(16-22)30(44)48-4/h5-11,14-17,24,29H,12-13,18-20H2,1-4H3,(H,40,46)(H,41,42,47)/t29-,36?/m1/s1. The van der Waals surface area contributed by atoms with Gasteiger partial charge in [-0.1, -0.05) is 90.8 Å². The Morgan fingerprint density at radius 3 is 2.46 bits per heavy atom. The molecule has 2 fully saturated rings. The quantitative estimate of drug-likeness (QED) is 0.161. The molecule has 3 aromatic carbocycles. The van der Waals surface area contributed by atoms with E-state index in [0.717, 1.165) is 17.7 Å². The Kier molecular flexibility index (Phi) is 11.2. The third-order valence-electron chi connectivity index (χ3n) is 8.09. The van der Waals surface area contributed by atoms with Crippen molar-refractivity contribution in [3.63, 3.8) is 0 Å². The van der Waals surface area contributed by atoms with Crippen LogP contribution in [0.2, 0.25) is 5.02 Å². The van der Waals surface area contributed by atoms with Gasteiger partial charge in [0.1, 0.15) is 24.6 Å². The molecule has 50 heavy (non-hydrogen) atoms. The predicted octanol–water partition coefficient (Wildman–Crippen LogP) is 7.41. The van der Waals surface area contributed by atoms with Gasteiger partial charge < -0.3 is 24.8 Å². The number of rotatable bonds is 10. The maximum absolute atomic E-state index is 15.9. The van der Waals surface area contributed by atoms with E-state index in [9.17, 15) is 14.4 Å². The van der Waals surface area contributed by atoms with E-state index in [2.05, 4.69) is 31.6 Å². The number of carbonyl (C=O) groups excluding carboxylic acids is 4. The van der Waals surface area contributed by atoms with Gasteiger partial charge in [-0.3, -0.25) is 9.69 Å². The molecule has 1 saturated carbocycles. The summed E-state index contributed by atoms with van der Waals surface area (Å²) in [7, 11) is 1.20. The second kappa shape index (κ2) is 15.2. The van der Waals surface area contributed by atoms with Gasteiger partial charge in [-0.2, -0.15) is 0 Å². The average Bonchev–Trinajstić information content (AvgIpc) is 3.84. The van der Waals surface area contributed by atoms with E-state index in [1.54, 1.807) is 36.4 Å². The summed E-state index contributed by atoms with van der Waals surface area (Å²) in [6.07, 6.45) is -0.0874. The summed E-state index contributed by atoms with van der Waals surface area (Å²) in [5.41, 5.74) is -1.38. The Morgan fingerprint density at radius 2 is 1.82 bits per heavy atom. The molecule has 3 aromatic rings. The number of amides is 3. The van der Waals surface area contributed by atoms with Gasteiger partial charge in [-0.15, -0.1) is 4.99 Å². The van der Waals surface area contributed by atoms with Crippen LogP contribution < -0.4 is 10.6 Å². The first-order valence-corrected chi connectivity index (χ1v) is 17.1. The van der Waals surface area contributed by atoms with Crippen molar-refractivity contribution in [3.05, 3.63) is 104 Å². The number of methoxy groups -OCH3 is 1. The third-order valence-corrected chi connectivity index (χ3v) is 8.91. The fraction of sp³-hybridized carbons (Fsp3) is 0.361. The van der Waals surface area contributed by atoms with Crippen LogP contribution in [0.25, 0.3) is 0 Å². The minimum atomic E-state index is -1.78. The highest BCUT2D eigenvalue weighted by Crippen LogP contribution is 2.44. The fourth-order valence-electron chi connectivity index (χ4n) is 5.77. The zero-order valence-corrected chi connectivity index (χ0v) is 30.3. The molecule has 0 spiro atoms. The maximum atomic E-state index is 15.9. The summed E-state index contributed by atoms with van der Waals surface area (Å²) in [4.78, 5) is 59.2. The Hall–Kier alpha value is -4.49. The lowest BCUT2D eigenvalue weighted by molar-refractivity contribution is -0.135. The summed E-state index contributed by atoms with van der Waals surface area (Å²) < 4.78 is 32.4. The number of benzene rings is 3. The molecule has 1 saturated heterocycles. The van der Waals surface area contributed by atoms with Crippen LogP contribution in [-0.4, -0.2) is 54.7 Å². The molecule has 0 aromatic heterocycles. The second-order valence-corrected chi connectivity index (χ2v) is 14.6. The number of nitrogens with one attached hydrogen (secondary N) is 2. The van der Waals surface area contributed by atoms with Crippen LogP contribution in [0.4, 0.5) is 14.0 Å². The molecule has 1 aliphatic carbocycles. The van der Waals surface area contributed by atoms with Gasteiger partial charge in [0.15, 0.2) is 0 Å². The van der Waals surface area contributed by atoms with E-state index in [0.29, 0.717) is 10.0 Å². The van der Waals surface area contributed by atoms with Crippen molar-refractivity contribution in [1.29, 1.82) is 0 Å². The molecule has 1 heterocycles. The summed E-state index contributed by atoms with van der Waals surface area (Å²) in [6.45, 7) is 5.11. The van der Waals surface area contributed by atoms with Crippen LogP contribution in [0, 0.1) is 11.2 Å². The molecular weight excluding hydrogens is 735 g/mol. The molecule has 1 unspecified atom stereocenters. The first kappa shape index (κ1) is 36.8. The summed E-state index contributed by atoms with van der Waals surface area (Å²) in [5, 5.41) is 5.92. The molecule has 14 heteroatoms. The molecule has 0 radical (unpaired) electrons. The first-order chi connectivity index (χ1) is 23.7. The summed E-state index contributed by atoms with van der Waals surface area (Å²) >= 11 is 9.63. The number of aliphatic imine (C=N–C) groups is 1. The maximum Gasteiger partial charge on any atom is 0.437 e. The zero-order valence-electron chi connectivity index (χ0n) is 27.9. The van der Waals surface area contributed by atoms with Crippen LogP contribution in [0.1, 0.15) is 73.1 Å². The smallest absolute Gasteiger partial charge is 0.437 e. The lowest BCUT2D eigenvalue weighted by Crippen LogP contribution is -2.48. The van der Waals surface area contributed by atoms with E-state index in [4.69, 9.17) is 25.8 Å². The number of ether oxygens (including phenoxy) is 3. The van der Waals surface area contributed by atoms with E-state index in [-0.39, 0.29) is 46.7 Å². The molecule has 0 bridgehead atoms. The number of esters is 1. The fourth-order valence-corrected chi connectivity index (χ4v) is 6.30. The van der Waals surface area contributed by atoms with Crippen molar-refractivity contribution in [2.45, 2.75) is 64.3 Å². The van der Waals surface area contributed by atoms with Crippen molar-refractivity contribution in [3.8, 4) is 0 Å². The molecular formula is C36H37BrClFN4O7. The van der Waals surface area contributed by atoms with Crippen molar-refractivity contribution < 1.29 is 37.8 Å². The lowest BCUT2D eigenvalue weighted by Gasteiger charge is -2.35. The normalized spacial score (nSPS) is 18.7. The zero-order chi connectivity index (χ0) is 36.2. The van der Waals surface area contributed by atoms with Crippen molar-refractivity contribution >= 4 is 57.6 Å². The molecule has 3 amide bonds. The van der Waals surface area contributed by atoms with Gasteiger partial charge in [0, 0.05) is 16.1 Å². The SMILES string of the molecule is COC(=O)c1cc([C@@H](COC(=O)NC2CC2)N2C(=O)C(CC(C)(C)C)(c3ccc(Br)cc3F)NC2=NC(=O)OCc2ccccc2)ccc1Cl. The topological polar surface area (TPSA) is 136 Å². The van der Waals surface area contributed by atoms with Gasteiger partial charge in [0.05, 0.1) is 23.7 Å². The highest BCUT2D eigenvalue weighted by atomic mass is 79.9.